The Kier molecular flexibility index (Phi) is 9.46. The van der Waals surface area contributed by atoms with Crippen LogP contribution in [0.25, 0.3) is 10.8 Å². The van der Waals surface area contributed by atoms with Crippen LogP contribution in [0.5, 0.6) is 0 Å². The summed E-state index contributed by atoms with van der Waals surface area (Å²) in [5.74, 6) is -1.85. The number of rotatable bonds is 12. The van der Waals surface area contributed by atoms with Crippen LogP contribution >= 0.6 is 27.7 Å². The van der Waals surface area contributed by atoms with Gasteiger partial charge in [-0.25, -0.2) is 0 Å². The van der Waals surface area contributed by atoms with Crippen LogP contribution in [0.1, 0.15) is 25.3 Å². The molecule has 3 amide bonds. The molecule has 3 fully saturated rings. The van der Waals surface area contributed by atoms with E-state index in [2.05, 4.69) is 29.1 Å². The lowest BCUT2D eigenvalue weighted by Gasteiger charge is -2.40. The molecule has 3 unspecified atom stereocenters. The molecule has 3 aliphatic heterocycles. The largest absolute Gasteiger partial charge is 0.394 e. The molecule has 240 valence electrons. The fourth-order valence-electron chi connectivity index (χ4n) is 7.78. The van der Waals surface area contributed by atoms with Gasteiger partial charge in [-0.1, -0.05) is 95.7 Å². The van der Waals surface area contributed by atoms with E-state index in [1.165, 1.54) is 0 Å². The highest BCUT2D eigenvalue weighted by Crippen LogP contribution is 2.68. The monoisotopic (exact) mass is 701 g/mol. The van der Waals surface area contributed by atoms with Crippen LogP contribution < -0.4 is 4.90 Å². The van der Waals surface area contributed by atoms with E-state index in [9.17, 15) is 14.7 Å². The van der Waals surface area contributed by atoms with Gasteiger partial charge in [0.2, 0.25) is 11.8 Å². The van der Waals surface area contributed by atoms with Gasteiger partial charge in [0.1, 0.15) is 6.04 Å². The van der Waals surface area contributed by atoms with Crippen LogP contribution in [-0.4, -0.2) is 79.2 Å². The summed E-state index contributed by atoms with van der Waals surface area (Å²) in [6, 6.07) is 22.3. The van der Waals surface area contributed by atoms with Crippen LogP contribution in [0.4, 0.5) is 5.69 Å². The predicted molar refractivity (Wildman–Crippen MR) is 189 cm³/mol. The Labute approximate surface area is 283 Å². The second-order valence-electron chi connectivity index (χ2n) is 12.4. The Morgan fingerprint density at radius 1 is 1.04 bits per heavy atom. The van der Waals surface area contributed by atoms with Crippen molar-refractivity contribution in [1.82, 2.24) is 9.80 Å². The van der Waals surface area contributed by atoms with Crippen molar-refractivity contribution in [2.24, 2.45) is 11.8 Å². The van der Waals surface area contributed by atoms with E-state index in [-0.39, 0.29) is 41.0 Å². The molecule has 3 saturated heterocycles. The number of hydrogen-bond donors (Lipinski definition) is 1. The van der Waals surface area contributed by atoms with E-state index in [4.69, 9.17) is 0 Å². The van der Waals surface area contributed by atoms with Crippen molar-refractivity contribution in [3.05, 3.63) is 104 Å². The molecule has 3 aromatic carbocycles. The third kappa shape index (κ3) is 5.40. The van der Waals surface area contributed by atoms with Crippen LogP contribution in [0.2, 0.25) is 0 Å². The first-order chi connectivity index (χ1) is 22.3. The number of anilines is 1. The average Bonchev–Trinajstić information content (AvgIpc) is 3.67. The summed E-state index contributed by atoms with van der Waals surface area (Å²) in [5.41, 5.74) is 1.71. The molecule has 0 radical (unpaired) electrons. The van der Waals surface area contributed by atoms with Crippen LogP contribution in [0.15, 0.2) is 98.1 Å². The minimum absolute atomic E-state index is 0.0595. The van der Waals surface area contributed by atoms with Gasteiger partial charge in [-0.15, -0.1) is 24.9 Å². The first-order valence-electron chi connectivity index (χ1n) is 15.9. The van der Waals surface area contributed by atoms with Crippen molar-refractivity contribution in [2.45, 2.75) is 53.2 Å². The molecule has 1 spiro atoms. The van der Waals surface area contributed by atoms with Gasteiger partial charge in [0.15, 0.2) is 0 Å². The molecular formula is C37H40BrN3O4S. The molecule has 0 saturated carbocycles. The summed E-state index contributed by atoms with van der Waals surface area (Å²) < 4.78 is -0.835. The minimum atomic E-state index is -0.858. The quantitative estimate of drug-likeness (QED) is 0.191. The number of halogens is 1. The summed E-state index contributed by atoms with van der Waals surface area (Å²) in [6.07, 6.45) is 4.46. The Balaban J connectivity index is 1.42. The van der Waals surface area contributed by atoms with E-state index in [1.807, 2.05) is 79.7 Å². The summed E-state index contributed by atoms with van der Waals surface area (Å²) in [5, 5.41) is 12.4. The molecule has 1 N–H and O–H groups in total. The molecule has 6 rings (SSSR count). The lowest BCUT2D eigenvalue weighted by Crippen LogP contribution is -2.58. The lowest BCUT2D eigenvalue weighted by atomic mass is 9.70. The fourth-order valence-corrected chi connectivity index (χ4v) is 11.4. The average molecular weight is 703 g/mol. The highest BCUT2D eigenvalue weighted by molar-refractivity contribution is 9.09. The summed E-state index contributed by atoms with van der Waals surface area (Å²) >= 11 is 5.50. The summed E-state index contributed by atoms with van der Waals surface area (Å²) in [4.78, 5) is 49.3. The van der Waals surface area contributed by atoms with Crippen molar-refractivity contribution in [3.63, 3.8) is 0 Å². The Morgan fingerprint density at radius 2 is 1.74 bits per heavy atom. The van der Waals surface area contributed by atoms with Gasteiger partial charge < -0.3 is 19.8 Å². The summed E-state index contributed by atoms with van der Waals surface area (Å²) in [7, 11) is 0. The van der Waals surface area contributed by atoms with E-state index >= 15 is 4.79 Å². The molecule has 0 aromatic heterocycles. The maximum Gasteiger partial charge on any atom is 0.251 e. The SMILES string of the molecule is C=CCN(Cc1ccccc1)C(=O)[C@H]1[C@H]2C(=O)N([C@@H](CC)CO)C(C(=O)N(CC=C)c3ccc4ccccc4c3)C23CC(Br)[C@@H]1S3. The van der Waals surface area contributed by atoms with Crippen molar-refractivity contribution in [2.75, 3.05) is 24.6 Å². The number of benzene rings is 3. The first-order valence-corrected chi connectivity index (χ1v) is 17.7. The zero-order valence-electron chi connectivity index (χ0n) is 26.0. The normalized spacial score (nSPS) is 27.0. The molecule has 7 nitrogen and oxygen atoms in total. The number of aliphatic hydroxyl groups is 1. The number of aliphatic hydroxyl groups excluding tert-OH is 1. The first kappa shape index (κ1) is 32.5. The van der Waals surface area contributed by atoms with Crippen LogP contribution in [-0.2, 0) is 20.9 Å². The van der Waals surface area contributed by atoms with Crippen molar-refractivity contribution in [1.29, 1.82) is 0 Å². The molecule has 3 aromatic rings. The van der Waals surface area contributed by atoms with Crippen molar-refractivity contribution in [3.8, 4) is 0 Å². The van der Waals surface area contributed by atoms with Gasteiger partial charge in [0.05, 0.1) is 29.2 Å². The molecule has 9 heteroatoms. The highest BCUT2D eigenvalue weighted by Gasteiger charge is 2.76. The number of alkyl halides is 1. The topological polar surface area (TPSA) is 81.2 Å². The van der Waals surface area contributed by atoms with Gasteiger partial charge in [-0.05, 0) is 41.3 Å². The van der Waals surface area contributed by atoms with E-state index in [0.29, 0.717) is 31.6 Å². The number of amides is 3. The number of hydrogen-bond acceptors (Lipinski definition) is 5. The number of carbonyl (C=O) groups excluding carboxylic acids is 3. The molecule has 46 heavy (non-hydrogen) atoms. The van der Waals surface area contributed by atoms with Crippen molar-refractivity contribution >= 4 is 61.9 Å². The standard InChI is InChI=1S/C37H40BrN3O4S/c1-4-18-39(22-24-12-8-7-9-13-24)34(43)30-31-35(44)41(27(6-3)23-42)33(37(31)21-29(38)32(30)46-37)36(45)40(19-5-2)28-17-16-25-14-10-11-15-26(25)20-28/h4-5,7-17,20,27,29-33,42H,1-2,6,18-19,21-23H2,3H3/t27-,29?,30-,31-,32-,33?,37?/m0/s1. The van der Waals surface area contributed by atoms with E-state index < -0.39 is 28.7 Å². The van der Waals surface area contributed by atoms with Gasteiger partial charge >= 0.3 is 0 Å². The number of likely N-dealkylation sites (tertiary alicyclic amines) is 1. The number of carbonyl (C=O) groups is 3. The molecule has 0 aliphatic carbocycles. The third-order valence-corrected chi connectivity index (χ3v) is 13.0. The van der Waals surface area contributed by atoms with Crippen molar-refractivity contribution < 1.29 is 19.5 Å². The molecule has 3 heterocycles. The van der Waals surface area contributed by atoms with Gasteiger partial charge in [-0.3, -0.25) is 14.4 Å². The lowest BCUT2D eigenvalue weighted by molar-refractivity contribution is -0.145. The smallest absolute Gasteiger partial charge is 0.251 e. The number of nitrogens with zero attached hydrogens (tertiary/aromatic N) is 3. The number of fused-ring (bicyclic) bond motifs is 2. The zero-order chi connectivity index (χ0) is 32.6. The molecule has 7 atom stereocenters. The minimum Gasteiger partial charge on any atom is -0.394 e. The fraction of sp³-hybridized carbons (Fsp3) is 0.378. The van der Waals surface area contributed by atoms with E-state index in [1.54, 1.807) is 38.6 Å². The molecule has 2 bridgehead atoms. The van der Waals surface area contributed by atoms with E-state index in [0.717, 1.165) is 16.3 Å². The molecular weight excluding hydrogens is 662 g/mol. The van der Waals surface area contributed by atoms with Crippen LogP contribution in [0.3, 0.4) is 0 Å². The Bertz CT molecular complexity index is 1650. The maximum absolute atomic E-state index is 15.0. The third-order valence-electron chi connectivity index (χ3n) is 9.82. The summed E-state index contributed by atoms with van der Waals surface area (Å²) in [6.45, 7) is 10.5. The predicted octanol–water partition coefficient (Wildman–Crippen LogP) is 5.81. The number of thioether (sulfide) groups is 1. The van der Waals surface area contributed by atoms with Crippen LogP contribution in [0, 0.1) is 11.8 Å². The van der Waals surface area contributed by atoms with Gasteiger partial charge in [-0.2, -0.15) is 0 Å². The molecule has 3 aliphatic rings. The van der Waals surface area contributed by atoms with Gasteiger partial charge in [0.25, 0.3) is 5.91 Å². The highest BCUT2D eigenvalue weighted by atomic mass is 79.9. The maximum atomic E-state index is 15.0. The Hall–Kier alpha value is -3.40. The second kappa shape index (κ2) is 13.4. The van der Waals surface area contributed by atoms with Gasteiger partial charge in [0, 0.05) is 35.4 Å². The zero-order valence-corrected chi connectivity index (χ0v) is 28.4. The Morgan fingerprint density at radius 3 is 2.41 bits per heavy atom. The second-order valence-corrected chi connectivity index (χ2v) is 15.1.